The van der Waals surface area contributed by atoms with Crippen molar-refractivity contribution in [1.82, 2.24) is 0 Å². The van der Waals surface area contributed by atoms with Crippen molar-refractivity contribution in [2.24, 2.45) is 0 Å². The zero-order chi connectivity index (χ0) is 23.2. The molecule has 0 bridgehead atoms. The molecule has 0 radical (unpaired) electrons. The van der Waals surface area contributed by atoms with Crippen molar-refractivity contribution in [2.45, 2.75) is 39.5 Å². The summed E-state index contributed by atoms with van der Waals surface area (Å²) < 4.78 is 0. The van der Waals surface area contributed by atoms with Gasteiger partial charge in [-0.05, 0) is 110 Å². The first-order chi connectivity index (χ1) is 16.6. The first-order valence-electron chi connectivity index (χ1n) is 12.5. The molecule has 0 unspecified atom stereocenters. The minimum absolute atomic E-state index is 0.361. The highest BCUT2D eigenvalue weighted by atomic mass is 14.3. The fourth-order valence-electron chi connectivity index (χ4n) is 5.94. The molecule has 0 atom stereocenters. The second-order valence-electron chi connectivity index (χ2n) is 9.77. The standard InChI is InChI=1S/C34H30/c1-4-9-30(33-22(2)14-16-28-18-24-10-5-7-12-26(24)20-31(28)33)34-23(3)15-17-29-19-25-11-6-8-13-27(25)21-32(29)34/h5-8,10-21,30H,4,9H2,1-3H3. The molecular weight excluding hydrogens is 408 g/mol. The van der Waals surface area contributed by atoms with Gasteiger partial charge in [0.2, 0.25) is 0 Å². The Morgan fingerprint density at radius 3 is 1.32 bits per heavy atom. The average molecular weight is 439 g/mol. The van der Waals surface area contributed by atoms with E-state index >= 15 is 0 Å². The fourth-order valence-corrected chi connectivity index (χ4v) is 5.94. The van der Waals surface area contributed by atoms with E-state index in [0.29, 0.717) is 5.92 Å². The van der Waals surface area contributed by atoms with Crippen molar-refractivity contribution < 1.29 is 0 Å². The van der Waals surface area contributed by atoms with Gasteiger partial charge < -0.3 is 0 Å². The molecule has 0 aliphatic heterocycles. The van der Waals surface area contributed by atoms with E-state index in [1.165, 1.54) is 65.3 Å². The Balaban J connectivity index is 1.69. The van der Waals surface area contributed by atoms with Crippen LogP contribution in [-0.4, -0.2) is 0 Å². The van der Waals surface area contributed by atoms with E-state index in [1.807, 2.05) is 0 Å². The van der Waals surface area contributed by atoms with Gasteiger partial charge in [0.15, 0.2) is 0 Å². The van der Waals surface area contributed by atoms with Gasteiger partial charge in [0.1, 0.15) is 0 Å². The molecule has 6 aromatic rings. The fraction of sp³-hybridized carbons (Fsp3) is 0.176. The van der Waals surface area contributed by atoms with Crippen LogP contribution in [0.5, 0.6) is 0 Å². The maximum absolute atomic E-state index is 2.42. The molecular formula is C34H30. The summed E-state index contributed by atoms with van der Waals surface area (Å²) in [6, 6.07) is 36.3. The summed E-state index contributed by atoms with van der Waals surface area (Å²) in [5.41, 5.74) is 5.76. The molecule has 0 saturated carbocycles. The Morgan fingerprint density at radius 2 is 0.912 bits per heavy atom. The summed E-state index contributed by atoms with van der Waals surface area (Å²) in [6.45, 7) is 6.91. The lowest BCUT2D eigenvalue weighted by Crippen LogP contribution is -2.07. The van der Waals surface area contributed by atoms with Crippen LogP contribution in [0.4, 0.5) is 0 Å². The lowest BCUT2D eigenvalue weighted by molar-refractivity contribution is 0.700. The molecule has 0 spiro atoms. The third-order valence-electron chi connectivity index (χ3n) is 7.57. The van der Waals surface area contributed by atoms with Crippen molar-refractivity contribution >= 4 is 43.1 Å². The third-order valence-corrected chi connectivity index (χ3v) is 7.57. The summed E-state index contributed by atoms with van der Waals surface area (Å²) in [7, 11) is 0. The minimum atomic E-state index is 0.361. The highest BCUT2D eigenvalue weighted by Crippen LogP contribution is 2.42. The van der Waals surface area contributed by atoms with Gasteiger partial charge in [0, 0.05) is 5.92 Å². The molecule has 0 fully saturated rings. The van der Waals surface area contributed by atoms with E-state index < -0.39 is 0 Å². The lowest BCUT2D eigenvalue weighted by Gasteiger charge is -2.25. The lowest BCUT2D eigenvalue weighted by atomic mass is 9.78. The highest BCUT2D eigenvalue weighted by Gasteiger charge is 2.22. The molecule has 34 heavy (non-hydrogen) atoms. The number of hydrogen-bond acceptors (Lipinski definition) is 0. The maximum atomic E-state index is 2.42. The largest absolute Gasteiger partial charge is 0.0653 e. The van der Waals surface area contributed by atoms with Crippen molar-refractivity contribution in [1.29, 1.82) is 0 Å². The van der Waals surface area contributed by atoms with Crippen LogP contribution in [0.25, 0.3) is 43.1 Å². The van der Waals surface area contributed by atoms with E-state index in [4.69, 9.17) is 0 Å². The second kappa shape index (κ2) is 8.29. The smallest absolute Gasteiger partial charge is 0.0107 e. The SMILES string of the molecule is CCCC(c1c(C)ccc2cc3ccccc3cc12)c1c(C)ccc2cc3ccccc3cc12. The Morgan fingerprint density at radius 1 is 0.500 bits per heavy atom. The Kier molecular flexibility index (Phi) is 5.11. The average Bonchev–Trinajstić information content (AvgIpc) is 2.86. The molecule has 0 nitrogen and oxygen atoms in total. The second-order valence-corrected chi connectivity index (χ2v) is 9.77. The van der Waals surface area contributed by atoms with Gasteiger partial charge in [0.05, 0.1) is 0 Å². The molecule has 0 amide bonds. The highest BCUT2D eigenvalue weighted by molar-refractivity contribution is 6.03. The van der Waals surface area contributed by atoms with Crippen molar-refractivity contribution in [3.05, 3.63) is 119 Å². The summed E-state index contributed by atoms with van der Waals surface area (Å²) >= 11 is 0. The predicted molar refractivity (Wildman–Crippen MR) is 149 cm³/mol. The molecule has 0 aliphatic carbocycles. The number of hydrogen-bond donors (Lipinski definition) is 0. The van der Waals surface area contributed by atoms with E-state index in [9.17, 15) is 0 Å². The predicted octanol–water partition coefficient (Wildman–Crippen LogP) is 9.85. The van der Waals surface area contributed by atoms with Crippen molar-refractivity contribution in [3.63, 3.8) is 0 Å². The molecule has 0 aliphatic rings. The Bertz CT molecular complexity index is 1560. The van der Waals surface area contributed by atoms with Gasteiger partial charge in [-0.1, -0.05) is 86.1 Å². The minimum Gasteiger partial charge on any atom is -0.0653 e. The maximum Gasteiger partial charge on any atom is 0.0107 e. The van der Waals surface area contributed by atoms with E-state index in [1.54, 1.807) is 0 Å². The molecule has 0 N–H and O–H groups in total. The number of benzene rings is 6. The number of fused-ring (bicyclic) bond motifs is 4. The van der Waals surface area contributed by atoms with Gasteiger partial charge in [0.25, 0.3) is 0 Å². The van der Waals surface area contributed by atoms with Crippen LogP contribution in [0.15, 0.2) is 97.1 Å². The van der Waals surface area contributed by atoms with Gasteiger partial charge in [-0.15, -0.1) is 0 Å². The summed E-state index contributed by atoms with van der Waals surface area (Å²) in [6.07, 6.45) is 2.29. The molecule has 166 valence electrons. The van der Waals surface area contributed by atoms with Crippen LogP contribution in [0, 0.1) is 13.8 Å². The van der Waals surface area contributed by atoms with Crippen LogP contribution < -0.4 is 0 Å². The quantitative estimate of drug-likeness (QED) is 0.240. The molecule has 0 aromatic heterocycles. The summed E-state index contributed by atoms with van der Waals surface area (Å²) in [4.78, 5) is 0. The summed E-state index contributed by atoms with van der Waals surface area (Å²) in [5.74, 6) is 0.361. The van der Waals surface area contributed by atoms with E-state index in [2.05, 4.69) is 118 Å². The Hall–Kier alpha value is -3.64. The number of aryl methyl sites for hydroxylation is 2. The van der Waals surface area contributed by atoms with E-state index in [-0.39, 0.29) is 0 Å². The zero-order valence-corrected chi connectivity index (χ0v) is 20.2. The normalized spacial score (nSPS) is 11.9. The van der Waals surface area contributed by atoms with Crippen LogP contribution in [-0.2, 0) is 0 Å². The summed E-state index contributed by atoms with van der Waals surface area (Å²) in [5, 5.41) is 10.7. The van der Waals surface area contributed by atoms with E-state index in [0.717, 1.165) is 12.8 Å². The molecule has 0 saturated heterocycles. The van der Waals surface area contributed by atoms with Crippen LogP contribution in [0.3, 0.4) is 0 Å². The van der Waals surface area contributed by atoms with Crippen LogP contribution >= 0.6 is 0 Å². The molecule has 0 heterocycles. The Labute approximate surface area is 201 Å². The van der Waals surface area contributed by atoms with Crippen LogP contribution in [0.2, 0.25) is 0 Å². The van der Waals surface area contributed by atoms with Gasteiger partial charge >= 0.3 is 0 Å². The van der Waals surface area contributed by atoms with Gasteiger partial charge in [-0.2, -0.15) is 0 Å². The molecule has 6 rings (SSSR count). The molecule has 0 heteroatoms. The number of rotatable bonds is 4. The third kappa shape index (κ3) is 3.37. The zero-order valence-electron chi connectivity index (χ0n) is 20.2. The van der Waals surface area contributed by atoms with Gasteiger partial charge in [-0.3, -0.25) is 0 Å². The van der Waals surface area contributed by atoms with Crippen molar-refractivity contribution in [2.75, 3.05) is 0 Å². The topological polar surface area (TPSA) is 0 Å². The van der Waals surface area contributed by atoms with Gasteiger partial charge in [-0.25, -0.2) is 0 Å². The van der Waals surface area contributed by atoms with Crippen molar-refractivity contribution in [3.8, 4) is 0 Å². The van der Waals surface area contributed by atoms with Crippen LogP contribution in [0.1, 0.15) is 47.9 Å². The monoisotopic (exact) mass is 438 g/mol. The molecule has 6 aromatic carbocycles. The first-order valence-corrected chi connectivity index (χ1v) is 12.5. The first kappa shape index (κ1) is 20.9.